The Kier molecular flexibility index (Phi) is 9.37. The lowest BCUT2D eigenvalue weighted by Crippen LogP contribution is -2.31. The SMILES string of the molecule is CC1(C)C(/C=C/C=C2\N(CCCS(=O)(=O)O)c3sc4ccccc4c3C2(C)CCCS(=O)(=O)O)=[N+](CCC(=O)O)c2ccccc21. The zero-order valence-electron chi connectivity index (χ0n) is 26.0. The molecule has 46 heavy (non-hydrogen) atoms. The molecule has 0 spiro atoms. The zero-order chi connectivity index (χ0) is 33.5. The van der Waals surface area contributed by atoms with Crippen molar-refractivity contribution < 1.29 is 40.4 Å². The van der Waals surface area contributed by atoms with Gasteiger partial charge in [0.2, 0.25) is 5.69 Å². The second-order valence-corrected chi connectivity index (χ2v) is 16.7. The van der Waals surface area contributed by atoms with Gasteiger partial charge in [-0.25, -0.2) is 0 Å². The number of hydrogen-bond donors (Lipinski definition) is 3. The first-order chi connectivity index (χ1) is 21.5. The number of anilines is 1. The molecule has 2 aliphatic rings. The van der Waals surface area contributed by atoms with Crippen molar-refractivity contribution in [3.63, 3.8) is 0 Å². The molecule has 246 valence electrons. The second kappa shape index (κ2) is 12.7. The normalized spacial score (nSPS) is 20.3. The van der Waals surface area contributed by atoms with Crippen molar-refractivity contribution in [2.45, 2.75) is 57.3 Å². The van der Waals surface area contributed by atoms with E-state index in [-0.39, 0.29) is 19.3 Å². The molecule has 3 heterocycles. The lowest BCUT2D eigenvalue weighted by molar-refractivity contribution is -0.436. The third-order valence-electron chi connectivity index (χ3n) is 8.95. The van der Waals surface area contributed by atoms with Crippen molar-refractivity contribution in [2.24, 2.45) is 0 Å². The van der Waals surface area contributed by atoms with Gasteiger partial charge in [-0.3, -0.25) is 13.9 Å². The van der Waals surface area contributed by atoms with E-state index in [1.165, 1.54) is 0 Å². The number of rotatable bonds is 13. The van der Waals surface area contributed by atoms with Crippen LogP contribution in [0.1, 0.15) is 57.6 Å². The number of benzene rings is 2. The Labute approximate surface area is 273 Å². The minimum Gasteiger partial charge on any atom is -0.481 e. The average molecular weight is 688 g/mol. The van der Waals surface area contributed by atoms with E-state index in [1.54, 1.807) is 11.3 Å². The zero-order valence-corrected chi connectivity index (χ0v) is 28.5. The van der Waals surface area contributed by atoms with Gasteiger partial charge in [0.15, 0.2) is 12.3 Å². The van der Waals surface area contributed by atoms with Gasteiger partial charge in [-0.2, -0.15) is 21.4 Å². The minimum atomic E-state index is -4.19. The summed E-state index contributed by atoms with van der Waals surface area (Å²) in [7, 11) is -8.37. The fourth-order valence-corrected chi connectivity index (χ4v) is 9.25. The molecule has 0 saturated heterocycles. The molecule has 1 unspecified atom stereocenters. The number of fused-ring (bicyclic) bond motifs is 4. The first-order valence-electron chi connectivity index (χ1n) is 15.1. The van der Waals surface area contributed by atoms with Gasteiger partial charge in [0.05, 0.1) is 16.9 Å². The lowest BCUT2D eigenvalue weighted by Gasteiger charge is -2.31. The van der Waals surface area contributed by atoms with E-state index in [0.717, 1.165) is 43.3 Å². The van der Waals surface area contributed by atoms with Crippen LogP contribution in [-0.4, -0.2) is 71.9 Å². The van der Waals surface area contributed by atoms with Crippen molar-refractivity contribution in [2.75, 3.05) is 29.5 Å². The van der Waals surface area contributed by atoms with Gasteiger partial charge in [0.1, 0.15) is 11.4 Å². The summed E-state index contributed by atoms with van der Waals surface area (Å²) in [6.45, 7) is 6.83. The highest BCUT2D eigenvalue weighted by Crippen LogP contribution is 2.57. The van der Waals surface area contributed by atoms with Crippen LogP contribution in [0.4, 0.5) is 10.7 Å². The number of carboxylic acid groups (broad SMARTS) is 1. The van der Waals surface area contributed by atoms with Crippen LogP contribution in [0.15, 0.2) is 72.5 Å². The molecule has 0 saturated carbocycles. The summed E-state index contributed by atoms with van der Waals surface area (Å²) < 4.78 is 68.7. The number of aliphatic carboxylic acids is 1. The summed E-state index contributed by atoms with van der Waals surface area (Å²) in [5, 5.41) is 11.4. The Morgan fingerprint density at radius 1 is 0.957 bits per heavy atom. The van der Waals surface area contributed by atoms with Crippen LogP contribution in [0.2, 0.25) is 0 Å². The Hall–Kier alpha value is -3.36. The second-order valence-electron chi connectivity index (χ2n) is 12.5. The monoisotopic (exact) mass is 687 g/mol. The quantitative estimate of drug-likeness (QED) is 0.147. The van der Waals surface area contributed by atoms with Gasteiger partial charge < -0.3 is 10.0 Å². The Morgan fingerprint density at radius 2 is 1.61 bits per heavy atom. The molecule has 1 atom stereocenters. The van der Waals surface area contributed by atoms with Crippen LogP contribution >= 0.6 is 11.3 Å². The molecule has 5 rings (SSSR count). The topological polar surface area (TPSA) is 152 Å². The third kappa shape index (κ3) is 6.84. The number of carbonyl (C=O) groups is 1. The van der Waals surface area contributed by atoms with Crippen LogP contribution in [-0.2, 0) is 35.9 Å². The molecular formula is C33H39N2O8S3+. The molecule has 0 bridgehead atoms. The van der Waals surface area contributed by atoms with E-state index >= 15 is 0 Å². The molecule has 10 nitrogen and oxygen atoms in total. The maximum Gasteiger partial charge on any atom is 0.309 e. The highest BCUT2D eigenvalue weighted by Gasteiger charge is 2.47. The number of allylic oxidation sites excluding steroid dienone is 4. The lowest BCUT2D eigenvalue weighted by atomic mass is 9.77. The molecule has 0 fully saturated rings. The maximum absolute atomic E-state index is 11.7. The van der Waals surface area contributed by atoms with Crippen LogP contribution in [0.5, 0.6) is 0 Å². The predicted molar refractivity (Wildman–Crippen MR) is 182 cm³/mol. The van der Waals surface area contributed by atoms with Gasteiger partial charge in [-0.1, -0.05) is 42.5 Å². The van der Waals surface area contributed by atoms with E-state index in [4.69, 9.17) is 0 Å². The Balaban J connectivity index is 1.62. The molecule has 0 amide bonds. The van der Waals surface area contributed by atoms with Crippen LogP contribution in [0.25, 0.3) is 10.1 Å². The molecule has 3 aromatic rings. The largest absolute Gasteiger partial charge is 0.481 e. The van der Waals surface area contributed by atoms with Crippen LogP contribution < -0.4 is 4.90 Å². The van der Waals surface area contributed by atoms with Gasteiger partial charge in [0, 0.05) is 45.6 Å². The smallest absolute Gasteiger partial charge is 0.309 e. The maximum atomic E-state index is 11.7. The summed E-state index contributed by atoms with van der Waals surface area (Å²) in [6, 6.07) is 15.9. The van der Waals surface area contributed by atoms with Crippen LogP contribution in [0, 0.1) is 0 Å². The Morgan fingerprint density at radius 3 is 2.30 bits per heavy atom. The number of nitrogens with zero attached hydrogens (tertiary/aromatic N) is 2. The van der Waals surface area contributed by atoms with Crippen molar-refractivity contribution in [1.29, 1.82) is 0 Å². The molecule has 0 aliphatic carbocycles. The molecular weight excluding hydrogens is 649 g/mol. The van der Waals surface area contributed by atoms with E-state index in [2.05, 4.69) is 18.7 Å². The Bertz CT molecular complexity index is 1990. The van der Waals surface area contributed by atoms with Gasteiger partial charge in [-0.15, -0.1) is 11.3 Å². The van der Waals surface area contributed by atoms with E-state index < -0.39 is 48.5 Å². The van der Waals surface area contributed by atoms with E-state index in [0.29, 0.717) is 19.5 Å². The summed E-state index contributed by atoms with van der Waals surface area (Å²) in [5.74, 6) is -1.69. The molecule has 2 aromatic carbocycles. The van der Waals surface area contributed by atoms with Crippen molar-refractivity contribution in [1.82, 2.24) is 0 Å². The molecule has 2 aliphatic heterocycles. The van der Waals surface area contributed by atoms with Crippen molar-refractivity contribution in [3.8, 4) is 0 Å². The first-order valence-corrected chi connectivity index (χ1v) is 19.1. The van der Waals surface area contributed by atoms with Gasteiger partial charge in [0.25, 0.3) is 20.2 Å². The van der Waals surface area contributed by atoms with Crippen molar-refractivity contribution >= 4 is 64.0 Å². The highest BCUT2D eigenvalue weighted by atomic mass is 32.2. The summed E-state index contributed by atoms with van der Waals surface area (Å²) >= 11 is 1.57. The number of thiophene rings is 1. The predicted octanol–water partition coefficient (Wildman–Crippen LogP) is 5.92. The standard InChI is InChI=1S/C33H38N2O8S3/c1-32(2)24-12-5-6-13-25(24)34(20-17-29(36)37)27(32)15-8-16-28-33(3,18-9-21-45(38,39)40)30-23-11-4-7-14-26(23)44-31(30)35(28)19-10-22-46(41,42)43/h4-8,11-16H,9-10,17-22H2,1-3H3,(H2-,36,37,38,39,40,41,42,43)/p+1. The minimum absolute atomic E-state index is 0.0382. The van der Waals surface area contributed by atoms with Crippen LogP contribution in [0.3, 0.4) is 0 Å². The van der Waals surface area contributed by atoms with E-state index in [1.807, 2.05) is 78.3 Å². The highest BCUT2D eigenvalue weighted by molar-refractivity contribution is 7.86. The molecule has 0 radical (unpaired) electrons. The van der Waals surface area contributed by atoms with Gasteiger partial charge in [-0.05, 0) is 57.6 Å². The number of carboxylic acids is 1. The fraction of sp³-hybridized carbons (Fsp3) is 0.394. The van der Waals surface area contributed by atoms with Crippen molar-refractivity contribution in [3.05, 3.63) is 83.6 Å². The first kappa shape index (κ1) is 34.0. The van der Waals surface area contributed by atoms with Gasteiger partial charge >= 0.3 is 5.97 Å². The summed E-state index contributed by atoms with van der Waals surface area (Å²) in [4.78, 5) is 13.6. The average Bonchev–Trinajstić information content (AvgIpc) is 3.52. The summed E-state index contributed by atoms with van der Waals surface area (Å²) in [6.07, 6.45) is 6.58. The fourth-order valence-electron chi connectivity index (χ4n) is 6.87. The molecule has 3 N–H and O–H groups in total. The molecule has 13 heteroatoms. The number of hydrogen-bond acceptors (Lipinski definition) is 7. The molecule has 1 aromatic heterocycles. The third-order valence-corrected chi connectivity index (χ3v) is 11.8. The number of para-hydroxylation sites is 1. The van der Waals surface area contributed by atoms with E-state index in [9.17, 15) is 35.8 Å². The summed E-state index contributed by atoms with van der Waals surface area (Å²) in [5.41, 5.74) is 3.72.